The molecule has 0 aliphatic carbocycles. The molecule has 0 saturated heterocycles. The van der Waals surface area contributed by atoms with Crippen molar-refractivity contribution < 1.29 is 20.2 Å². The Kier molecular flexibility index (Phi) is 2.05. The first-order valence-electron chi connectivity index (χ1n) is 6.18. The standard InChI is InChI=1S/C15H9NO5/c17-7-1-3-11-8(5-7)9-6-16(20)15(19)14-10(18)2-4-12(21-11)13(9)14/h1-6,17-18,20H. The van der Waals surface area contributed by atoms with E-state index in [1.54, 1.807) is 12.1 Å². The Bertz CT molecular complexity index is 974. The van der Waals surface area contributed by atoms with E-state index in [4.69, 9.17) is 4.74 Å². The summed E-state index contributed by atoms with van der Waals surface area (Å²) in [5.74, 6) is 0.694. The van der Waals surface area contributed by atoms with E-state index in [2.05, 4.69) is 0 Å². The SMILES string of the molecule is O=c1c2c(O)ccc3c2c(cn1O)-c1cc(O)ccc1O3. The lowest BCUT2D eigenvalue weighted by Crippen LogP contribution is -2.18. The molecule has 0 fully saturated rings. The monoisotopic (exact) mass is 283 g/mol. The molecule has 2 aromatic carbocycles. The fourth-order valence-electron chi connectivity index (χ4n) is 2.64. The number of benzene rings is 2. The van der Waals surface area contributed by atoms with Crippen molar-refractivity contribution in [3.8, 4) is 34.1 Å². The first-order valence-corrected chi connectivity index (χ1v) is 6.18. The molecular formula is C15H9NO5. The van der Waals surface area contributed by atoms with Gasteiger partial charge in [-0.1, -0.05) is 0 Å². The molecule has 3 aromatic rings. The van der Waals surface area contributed by atoms with Gasteiger partial charge in [0.1, 0.15) is 23.0 Å². The van der Waals surface area contributed by atoms with Gasteiger partial charge in [-0.25, -0.2) is 0 Å². The van der Waals surface area contributed by atoms with Crippen molar-refractivity contribution >= 4 is 10.8 Å². The number of aromatic nitrogens is 1. The predicted octanol–water partition coefficient (Wildman–Crippen LogP) is 2.42. The number of hydrogen-bond donors (Lipinski definition) is 3. The Morgan fingerprint density at radius 3 is 2.52 bits per heavy atom. The number of rotatable bonds is 0. The summed E-state index contributed by atoms with van der Waals surface area (Å²) >= 11 is 0. The maximum atomic E-state index is 12.0. The quantitative estimate of drug-likeness (QED) is 0.431. The van der Waals surface area contributed by atoms with Gasteiger partial charge in [-0.3, -0.25) is 4.79 Å². The predicted molar refractivity (Wildman–Crippen MR) is 74.2 cm³/mol. The van der Waals surface area contributed by atoms with Gasteiger partial charge >= 0.3 is 0 Å². The molecule has 21 heavy (non-hydrogen) atoms. The van der Waals surface area contributed by atoms with Crippen molar-refractivity contribution in [2.24, 2.45) is 0 Å². The average molecular weight is 283 g/mol. The summed E-state index contributed by atoms with van der Waals surface area (Å²) in [7, 11) is 0. The van der Waals surface area contributed by atoms with Crippen LogP contribution in [0.4, 0.5) is 0 Å². The fourth-order valence-corrected chi connectivity index (χ4v) is 2.64. The highest BCUT2D eigenvalue weighted by Gasteiger charge is 2.24. The molecule has 6 heteroatoms. The number of phenolic OH excluding ortho intramolecular Hbond substituents is 2. The summed E-state index contributed by atoms with van der Waals surface area (Å²) in [6.45, 7) is 0. The molecule has 0 bridgehead atoms. The third-order valence-electron chi connectivity index (χ3n) is 3.56. The first kappa shape index (κ1) is 11.7. The summed E-state index contributed by atoms with van der Waals surface area (Å²) in [5, 5.41) is 29.7. The second kappa shape index (κ2) is 3.69. The van der Waals surface area contributed by atoms with E-state index in [9.17, 15) is 20.2 Å². The minimum absolute atomic E-state index is 0.0264. The lowest BCUT2D eigenvalue weighted by atomic mass is 9.96. The summed E-state index contributed by atoms with van der Waals surface area (Å²) in [4.78, 5) is 12.0. The van der Waals surface area contributed by atoms with E-state index in [0.29, 0.717) is 32.7 Å². The molecule has 0 spiro atoms. The van der Waals surface area contributed by atoms with Gasteiger partial charge in [0.15, 0.2) is 0 Å². The van der Waals surface area contributed by atoms with Crippen molar-refractivity contribution in [1.82, 2.24) is 4.73 Å². The number of fused-ring (bicyclic) bond motifs is 2. The third-order valence-corrected chi connectivity index (χ3v) is 3.56. The molecule has 0 saturated carbocycles. The number of pyridine rings is 1. The molecule has 1 aliphatic heterocycles. The molecule has 0 radical (unpaired) electrons. The van der Waals surface area contributed by atoms with Crippen LogP contribution in [0, 0.1) is 0 Å². The molecule has 0 amide bonds. The van der Waals surface area contributed by atoms with Crippen molar-refractivity contribution in [2.75, 3.05) is 0 Å². The summed E-state index contributed by atoms with van der Waals surface area (Å²) in [6.07, 6.45) is 1.24. The maximum absolute atomic E-state index is 12.0. The van der Waals surface area contributed by atoms with Gasteiger partial charge in [-0.2, -0.15) is 4.73 Å². The van der Waals surface area contributed by atoms with Crippen molar-refractivity contribution in [3.63, 3.8) is 0 Å². The van der Waals surface area contributed by atoms with Crippen molar-refractivity contribution in [1.29, 1.82) is 0 Å². The normalized spacial score (nSPS) is 12.0. The number of hydrogen-bond acceptors (Lipinski definition) is 5. The van der Waals surface area contributed by atoms with E-state index < -0.39 is 5.56 Å². The number of ether oxygens (including phenoxy) is 1. The zero-order valence-electron chi connectivity index (χ0n) is 10.6. The Morgan fingerprint density at radius 2 is 1.71 bits per heavy atom. The summed E-state index contributed by atoms with van der Waals surface area (Å²) in [6, 6.07) is 7.45. The van der Waals surface area contributed by atoms with Crippen LogP contribution in [0.3, 0.4) is 0 Å². The second-order valence-corrected chi connectivity index (χ2v) is 4.81. The van der Waals surface area contributed by atoms with Crippen LogP contribution in [0.1, 0.15) is 0 Å². The summed E-state index contributed by atoms with van der Waals surface area (Å²) < 4.78 is 6.12. The molecule has 3 N–H and O–H groups in total. The highest BCUT2D eigenvalue weighted by Crippen LogP contribution is 2.47. The number of phenols is 2. The van der Waals surface area contributed by atoms with Crippen LogP contribution < -0.4 is 10.3 Å². The Balaban J connectivity index is 2.26. The maximum Gasteiger partial charge on any atom is 0.294 e. The molecule has 2 heterocycles. The van der Waals surface area contributed by atoms with Gasteiger partial charge in [0.05, 0.1) is 11.6 Å². The van der Waals surface area contributed by atoms with Gasteiger partial charge in [0.25, 0.3) is 5.56 Å². The van der Waals surface area contributed by atoms with E-state index >= 15 is 0 Å². The molecule has 1 aromatic heterocycles. The molecule has 4 rings (SSSR count). The van der Waals surface area contributed by atoms with Crippen LogP contribution in [0.5, 0.6) is 23.0 Å². The van der Waals surface area contributed by atoms with E-state index in [1.807, 2.05) is 0 Å². The summed E-state index contributed by atoms with van der Waals surface area (Å²) in [5.41, 5.74) is 0.288. The third kappa shape index (κ3) is 1.44. The lowest BCUT2D eigenvalue weighted by molar-refractivity contribution is 0.176. The van der Waals surface area contributed by atoms with Gasteiger partial charge in [-0.05, 0) is 30.3 Å². The Labute approximate surface area is 117 Å². The smallest absolute Gasteiger partial charge is 0.294 e. The highest BCUT2D eigenvalue weighted by atomic mass is 16.5. The van der Waals surface area contributed by atoms with Crippen molar-refractivity contribution in [3.05, 3.63) is 46.9 Å². The topological polar surface area (TPSA) is 91.9 Å². The zero-order valence-corrected chi connectivity index (χ0v) is 10.6. The average Bonchev–Trinajstić information content (AvgIpc) is 2.46. The van der Waals surface area contributed by atoms with E-state index in [-0.39, 0.29) is 16.9 Å². The molecular weight excluding hydrogens is 274 g/mol. The largest absolute Gasteiger partial charge is 0.508 e. The van der Waals surface area contributed by atoms with Crippen LogP contribution in [-0.2, 0) is 0 Å². The minimum atomic E-state index is -0.736. The van der Waals surface area contributed by atoms with Crippen LogP contribution in [0.25, 0.3) is 21.9 Å². The van der Waals surface area contributed by atoms with Crippen molar-refractivity contribution in [2.45, 2.75) is 0 Å². The van der Waals surface area contributed by atoms with E-state index in [1.165, 1.54) is 24.4 Å². The first-order chi connectivity index (χ1) is 10.1. The van der Waals surface area contributed by atoms with Crippen LogP contribution in [-0.4, -0.2) is 20.2 Å². The van der Waals surface area contributed by atoms with E-state index in [0.717, 1.165) is 0 Å². The molecule has 0 atom stereocenters. The molecule has 6 nitrogen and oxygen atoms in total. The fraction of sp³-hybridized carbons (Fsp3) is 0. The Hall–Kier alpha value is -3.15. The number of aromatic hydroxyl groups is 2. The van der Waals surface area contributed by atoms with Crippen LogP contribution in [0.2, 0.25) is 0 Å². The van der Waals surface area contributed by atoms with Gasteiger partial charge in [0, 0.05) is 16.5 Å². The lowest BCUT2D eigenvalue weighted by Gasteiger charge is -2.21. The van der Waals surface area contributed by atoms with Gasteiger partial charge in [-0.15, -0.1) is 0 Å². The zero-order chi connectivity index (χ0) is 14.7. The Morgan fingerprint density at radius 1 is 0.952 bits per heavy atom. The molecule has 1 aliphatic rings. The minimum Gasteiger partial charge on any atom is -0.508 e. The van der Waals surface area contributed by atoms with Crippen LogP contribution in [0.15, 0.2) is 41.3 Å². The van der Waals surface area contributed by atoms with Crippen LogP contribution >= 0.6 is 0 Å². The van der Waals surface area contributed by atoms with Gasteiger partial charge < -0.3 is 20.2 Å². The second-order valence-electron chi connectivity index (χ2n) is 4.81. The highest BCUT2D eigenvalue weighted by molar-refractivity contribution is 6.05. The number of nitrogens with zero attached hydrogens (tertiary/aromatic N) is 1. The molecule has 0 unspecified atom stereocenters. The van der Waals surface area contributed by atoms with Gasteiger partial charge in [0.2, 0.25) is 0 Å². The molecule has 104 valence electrons.